The monoisotopic (exact) mass is 318 g/mol. The number of nitrogens with one attached hydrogen (secondary N) is 2. The minimum Gasteiger partial charge on any atom is -0.447 e. The first-order chi connectivity index (χ1) is 9.51. The van der Waals surface area contributed by atoms with E-state index in [4.69, 9.17) is 4.42 Å². The Labute approximate surface area is 124 Å². The minimum atomic E-state index is -3.54. The second kappa shape index (κ2) is 6.51. The van der Waals surface area contributed by atoms with Gasteiger partial charge in [-0.2, -0.15) is 11.8 Å². The van der Waals surface area contributed by atoms with Crippen LogP contribution in [0.2, 0.25) is 0 Å². The zero-order valence-corrected chi connectivity index (χ0v) is 13.6. The third-order valence-electron chi connectivity index (χ3n) is 3.73. The van der Waals surface area contributed by atoms with Crippen LogP contribution in [0.15, 0.2) is 21.6 Å². The van der Waals surface area contributed by atoms with Crippen molar-refractivity contribution >= 4 is 21.8 Å². The first-order valence-corrected chi connectivity index (χ1v) is 9.56. The number of hydrogen-bond donors (Lipinski definition) is 2. The lowest BCUT2D eigenvalue weighted by molar-refractivity contribution is 0.357. The van der Waals surface area contributed by atoms with E-state index in [-0.39, 0.29) is 9.84 Å². The van der Waals surface area contributed by atoms with Crippen molar-refractivity contribution in [2.45, 2.75) is 42.6 Å². The molecule has 1 aromatic rings. The minimum absolute atomic E-state index is 0.000907. The third-order valence-corrected chi connectivity index (χ3v) is 6.43. The fourth-order valence-electron chi connectivity index (χ4n) is 2.17. The van der Waals surface area contributed by atoms with Gasteiger partial charge in [-0.15, -0.1) is 0 Å². The molecule has 2 rings (SSSR count). The molecule has 0 bridgehead atoms. The van der Waals surface area contributed by atoms with E-state index in [0.717, 1.165) is 19.4 Å². The van der Waals surface area contributed by atoms with E-state index >= 15 is 0 Å². The van der Waals surface area contributed by atoms with E-state index in [0.29, 0.717) is 18.8 Å². The average Bonchev–Trinajstić information content (AvgIpc) is 2.85. The molecule has 1 aliphatic carbocycles. The molecule has 1 heterocycles. The molecule has 0 aromatic carbocycles. The highest BCUT2D eigenvalue weighted by molar-refractivity contribution is 8.00. The van der Waals surface area contributed by atoms with Crippen molar-refractivity contribution in [2.24, 2.45) is 0 Å². The molecule has 7 heteroatoms. The molecular weight excluding hydrogens is 296 g/mol. The van der Waals surface area contributed by atoms with Gasteiger partial charge in [0.15, 0.2) is 0 Å². The maximum atomic E-state index is 12.2. The number of rotatable bonds is 8. The molecule has 20 heavy (non-hydrogen) atoms. The lowest BCUT2D eigenvalue weighted by atomic mass is 9.84. The number of furan rings is 1. The Balaban J connectivity index is 1.97. The maximum Gasteiger partial charge on any atom is 0.274 e. The van der Waals surface area contributed by atoms with E-state index in [9.17, 15) is 8.42 Å². The summed E-state index contributed by atoms with van der Waals surface area (Å²) in [5, 5.41) is 3.10. The molecule has 0 unspecified atom stereocenters. The van der Waals surface area contributed by atoms with Gasteiger partial charge in [-0.1, -0.05) is 13.3 Å². The average molecular weight is 318 g/mol. The Morgan fingerprint density at radius 2 is 2.15 bits per heavy atom. The fraction of sp³-hybridized carbons (Fsp3) is 0.692. The van der Waals surface area contributed by atoms with Gasteiger partial charge < -0.3 is 9.73 Å². The second-order valence-electron chi connectivity index (χ2n) is 5.07. The largest absolute Gasteiger partial charge is 0.447 e. The van der Waals surface area contributed by atoms with Crippen LogP contribution in [0.5, 0.6) is 0 Å². The van der Waals surface area contributed by atoms with Gasteiger partial charge in [0, 0.05) is 11.3 Å². The zero-order chi connectivity index (χ0) is 14.6. The Kier molecular flexibility index (Phi) is 5.17. The van der Waals surface area contributed by atoms with Gasteiger partial charge >= 0.3 is 0 Å². The highest BCUT2D eigenvalue weighted by Gasteiger charge is 2.37. The van der Waals surface area contributed by atoms with Gasteiger partial charge in [-0.25, -0.2) is 13.1 Å². The molecule has 5 nitrogen and oxygen atoms in total. The van der Waals surface area contributed by atoms with E-state index in [1.54, 1.807) is 17.8 Å². The van der Waals surface area contributed by atoms with Gasteiger partial charge in [0.05, 0.1) is 6.54 Å². The molecule has 1 aromatic heterocycles. The summed E-state index contributed by atoms with van der Waals surface area (Å²) in [6.07, 6.45) is 5.35. The Morgan fingerprint density at radius 1 is 1.40 bits per heavy atom. The maximum absolute atomic E-state index is 12.2. The summed E-state index contributed by atoms with van der Waals surface area (Å²) in [4.78, 5) is 0. The van der Waals surface area contributed by atoms with Crippen molar-refractivity contribution in [3.05, 3.63) is 17.9 Å². The van der Waals surface area contributed by atoms with Crippen LogP contribution in [0.25, 0.3) is 0 Å². The second-order valence-corrected chi connectivity index (χ2v) is 8.04. The van der Waals surface area contributed by atoms with Crippen molar-refractivity contribution < 1.29 is 12.8 Å². The molecule has 1 aliphatic rings. The summed E-state index contributed by atoms with van der Waals surface area (Å²) in [6, 6.07) is 3.21. The van der Waals surface area contributed by atoms with Crippen LogP contribution in [0.3, 0.4) is 0 Å². The molecule has 0 amide bonds. The molecule has 0 spiro atoms. The van der Waals surface area contributed by atoms with E-state index in [2.05, 4.69) is 10.0 Å². The van der Waals surface area contributed by atoms with Crippen LogP contribution < -0.4 is 10.0 Å². The van der Waals surface area contributed by atoms with E-state index in [1.807, 2.05) is 13.2 Å². The molecule has 114 valence electrons. The van der Waals surface area contributed by atoms with Crippen molar-refractivity contribution in [1.29, 1.82) is 0 Å². The summed E-state index contributed by atoms with van der Waals surface area (Å²) in [5.74, 6) is 0.635. The van der Waals surface area contributed by atoms with Crippen molar-refractivity contribution in [1.82, 2.24) is 10.0 Å². The molecule has 1 saturated carbocycles. The van der Waals surface area contributed by atoms with Crippen LogP contribution in [-0.4, -0.2) is 32.5 Å². The molecule has 1 fully saturated rings. The van der Waals surface area contributed by atoms with Gasteiger partial charge in [0.2, 0.25) is 5.09 Å². The number of hydrogen-bond acceptors (Lipinski definition) is 5. The van der Waals surface area contributed by atoms with Crippen LogP contribution in [0.1, 0.15) is 31.9 Å². The highest BCUT2D eigenvalue weighted by atomic mass is 32.2. The van der Waals surface area contributed by atoms with Gasteiger partial charge in [-0.05, 0) is 37.8 Å². The van der Waals surface area contributed by atoms with Gasteiger partial charge in [0.1, 0.15) is 5.76 Å². The lowest BCUT2D eigenvalue weighted by Crippen LogP contribution is -2.45. The zero-order valence-electron chi connectivity index (χ0n) is 11.9. The lowest BCUT2D eigenvalue weighted by Gasteiger charge is -2.40. The van der Waals surface area contributed by atoms with Crippen LogP contribution in [-0.2, 0) is 16.6 Å². The summed E-state index contributed by atoms with van der Waals surface area (Å²) in [5.41, 5.74) is 0. The topological polar surface area (TPSA) is 71.3 Å². The Morgan fingerprint density at radius 3 is 2.70 bits per heavy atom. The van der Waals surface area contributed by atoms with Crippen molar-refractivity contribution in [2.75, 3.05) is 19.3 Å². The third kappa shape index (κ3) is 3.58. The quantitative estimate of drug-likeness (QED) is 0.766. The number of thioether (sulfide) groups is 1. The molecule has 0 saturated heterocycles. The van der Waals surface area contributed by atoms with Crippen LogP contribution in [0.4, 0.5) is 0 Å². The fourth-order valence-corrected chi connectivity index (χ4v) is 4.25. The summed E-state index contributed by atoms with van der Waals surface area (Å²) >= 11 is 1.74. The summed E-state index contributed by atoms with van der Waals surface area (Å²) < 4.78 is 32.5. The van der Waals surface area contributed by atoms with E-state index in [1.165, 1.54) is 12.5 Å². The summed E-state index contributed by atoms with van der Waals surface area (Å²) in [7, 11) is -3.54. The van der Waals surface area contributed by atoms with E-state index < -0.39 is 10.0 Å². The molecule has 2 N–H and O–H groups in total. The standard InChI is InChI=1S/C13H22N2O3S2/c1-3-14-9-11-5-6-12(18-11)20(16,17)15-10-13(19-2)7-4-8-13/h5-6,14-15H,3-4,7-10H2,1-2H3. The van der Waals surface area contributed by atoms with Crippen molar-refractivity contribution in [3.63, 3.8) is 0 Å². The molecule has 0 radical (unpaired) electrons. The number of sulfonamides is 1. The Hall–Kier alpha value is -0.500. The normalized spacial score (nSPS) is 17.9. The van der Waals surface area contributed by atoms with Crippen LogP contribution >= 0.6 is 11.8 Å². The smallest absolute Gasteiger partial charge is 0.274 e. The first kappa shape index (κ1) is 15.9. The Bertz CT molecular complexity index is 530. The summed E-state index contributed by atoms with van der Waals surface area (Å²) in [6.45, 7) is 3.82. The molecule has 0 atom stereocenters. The SMILES string of the molecule is CCNCc1ccc(S(=O)(=O)NCC2(SC)CCC2)o1. The molecule has 0 aliphatic heterocycles. The predicted octanol–water partition coefficient (Wildman–Crippen LogP) is 1.95. The van der Waals surface area contributed by atoms with Crippen LogP contribution in [0, 0.1) is 0 Å². The molecular formula is C13H22N2O3S2. The van der Waals surface area contributed by atoms with Crippen molar-refractivity contribution in [3.8, 4) is 0 Å². The highest BCUT2D eigenvalue weighted by Crippen LogP contribution is 2.42. The first-order valence-electron chi connectivity index (χ1n) is 6.85. The van der Waals surface area contributed by atoms with Gasteiger partial charge in [0.25, 0.3) is 10.0 Å². The van der Waals surface area contributed by atoms with Gasteiger partial charge in [-0.3, -0.25) is 0 Å². The predicted molar refractivity (Wildman–Crippen MR) is 81.4 cm³/mol.